The highest BCUT2D eigenvalue weighted by Gasteiger charge is 2.27. The fraction of sp³-hybridized carbons (Fsp3) is 0.200. The van der Waals surface area contributed by atoms with Gasteiger partial charge in [0.2, 0.25) is 5.91 Å². The van der Waals surface area contributed by atoms with Gasteiger partial charge in [0.15, 0.2) is 0 Å². The molecular weight excluding hydrogens is 316 g/mol. The molecule has 1 N–H and O–H groups in total. The van der Waals surface area contributed by atoms with E-state index in [2.05, 4.69) is 4.98 Å². The van der Waals surface area contributed by atoms with Crippen LogP contribution in [0.25, 0.3) is 17.0 Å². The van der Waals surface area contributed by atoms with Gasteiger partial charge in [-0.25, -0.2) is 0 Å². The maximum Gasteiger partial charge on any atom is 0.255 e. The predicted molar refractivity (Wildman–Crippen MR) is 96.2 cm³/mol. The monoisotopic (exact) mass is 334 g/mol. The minimum absolute atomic E-state index is 0.0818. The number of aromatic nitrogens is 1. The van der Waals surface area contributed by atoms with Crippen molar-refractivity contribution >= 4 is 22.9 Å². The number of nitrogens with one attached hydrogen (secondary N) is 1. The number of benzene rings is 1. The summed E-state index contributed by atoms with van der Waals surface area (Å²) in [6.45, 7) is 1.34. The van der Waals surface area contributed by atoms with E-state index in [0.29, 0.717) is 18.7 Å². The Balaban J connectivity index is 1.49. The van der Waals surface area contributed by atoms with Crippen molar-refractivity contribution in [3.63, 3.8) is 0 Å². The first-order valence-electron chi connectivity index (χ1n) is 8.33. The van der Waals surface area contributed by atoms with Gasteiger partial charge in [0.1, 0.15) is 5.76 Å². The first-order valence-corrected chi connectivity index (χ1v) is 8.33. The lowest BCUT2D eigenvalue weighted by atomic mass is 10.1. The number of aromatic amines is 1. The van der Waals surface area contributed by atoms with E-state index in [4.69, 9.17) is 4.42 Å². The molecule has 0 bridgehead atoms. The summed E-state index contributed by atoms with van der Waals surface area (Å²) < 4.78 is 5.43. The molecule has 4 rings (SSSR count). The SMILES string of the molecule is O=C(/C=C/c1cc2ccccc2[nH]c1=O)N1CCC(c2ccco2)C1. The van der Waals surface area contributed by atoms with Gasteiger partial charge < -0.3 is 14.3 Å². The maximum absolute atomic E-state index is 12.4. The smallest absolute Gasteiger partial charge is 0.255 e. The second-order valence-corrected chi connectivity index (χ2v) is 6.26. The normalized spacial score (nSPS) is 17.6. The summed E-state index contributed by atoms with van der Waals surface area (Å²) in [5, 5.41) is 0.938. The Labute approximate surface area is 144 Å². The van der Waals surface area contributed by atoms with Gasteiger partial charge in [0.25, 0.3) is 5.56 Å². The summed E-state index contributed by atoms with van der Waals surface area (Å²) in [5.74, 6) is 1.09. The molecule has 0 aliphatic carbocycles. The van der Waals surface area contributed by atoms with Gasteiger partial charge in [-0.1, -0.05) is 18.2 Å². The van der Waals surface area contributed by atoms with Crippen LogP contribution in [-0.2, 0) is 4.79 Å². The van der Waals surface area contributed by atoms with Crippen LogP contribution in [0.1, 0.15) is 23.7 Å². The molecule has 0 spiro atoms. The van der Waals surface area contributed by atoms with Gasteiger partial charge >= 0.3 is 0 Å². The van der Waals surface area contributed by atoms with Crippen molar-refractivity contribution in [3.8, 4) is 0 Å². The zero-order valence-electron chi connectivity index (χ0n) is 13.6. The average molecular weight is 334 g/mol. The first kappa shape index (κ1) is 15.4. The van der Waals surface area contributed by atoms with Crippen LogP contribution < -0.4 is 5.56 Å². The highest BCUT2D eigenvalue weighted by atomic mass is 16.3. The molecule has 5 heteroatoms. The molecule has 3 aromatic rings. The quantitative estimate of drug-likeness (QED) is 0.748. The van der Waals surface area contributed by atoms with Crippen LogP contribution in [0, 0.1) is 0 Å². The fourth-order valence-corrected chi connectivity index (χ4v) is 3.27. The van der Waals surface area contributed by atoms with E-state index >= 15 is 0 Å². The van der Waals surface area contributed by atoms with Crippen molar-refractivity contribution in [1.29, 1.82) is 0 Å². The number of furan rings is 1. The molecule has 0 saturated carbocycles. The number of carbonyl (C=O) groups excluding carboxylic acids is 1. The summed E-state index contributed by atoms with van der Waals surface area (Å²) in [6, 6.07) is 13.2. The molecular formula is C20H18N2O3. The van der Waals surface area contributed by atoms with Crippen molar-refractivity contribution in [2.45, 2.75) is 12.3 Å². The number of likely N-dealkylation sites (tertiary alicyclic amines) is 1. The van der Waals surface area contributed by atoms with Crippen LogP contribution in [-0.4, -0.2) is 28.9 Å². The average Bonchev–Trinajstić information content (AvgIpc) is 3.30. The zero-order valence-corrected chi connectivity index (χ0v) is 13.6. The van der Waals surface area contributed by atoms with E-state index in [9.17, 15) is 9.59 Å². The van der Waals surface area contributed by atoms with Crippen LogP contribution >= 0.6 is 0 Å². The number of hydrogen-bond acceptors (Lipinski definition) is 3. The second kappa shape index (κ2) is 6.43. The predicted octanol–water partition coefficient (Wildman–Crippen LogP) is 3.15. The fourth-order valence-electron chi connectivity index (χ4n) is 3.27. The molecule has 1 saturated heterocycles. The molecule has 25 heavy (non-hydrogen) atoms. The van der Waals surface area contributed by atoms with E-state index < -0.39 is 0 Å². The molecule has 1 aliphatic heterocycles. The van der Waals surface area contributed by atoms with Crippen molar-refractivity contribution < 1.29 is 9.21 Å². The van der Waals surface area contributed by atoms with E-state index in [1.807, 2.05) is 36.4 Å². The summed E-state index contributed by atoms with van der Waals surface area (Å²) in [7, 11) is 0. The highest BCUT2D eigenvalue weighted by molar-refractivity contribution is 5.92. The number of rotatable bonds is 3. The minimum atomic E-state index is -0.197. The third kappa shape index (κ3) is 3.13. The van der Waals surface area contributed by atoms with E-state index in [1.165, 1.54) is 6.08 Å². The highest BCUT2D eigenvalue weighted by Crippen LogP contribution is 2.27. The summed E-state index contributed by atoms with van der Waals surface area (Å²) in [5.41, 5.74) is 1.07. The minimum Gasteiger partial charge on any atom is -0.469 e. The number of hydrogen-bond donors (Lipinski definition) is 1. The van der Waals surface area contributed by atoms with E-state index in [-0.39, 0.29) is 17.4 Å². The molecule has 2 aromatic heterocycles. The lowest BCUT2D eigenvalue weighted by Gasteiger charge is -2.13. The standard InChI is InChI=1S/C20H18N2O3/c23-19(22-10-9-16(13-22)18-6-3-11-25-18)8-7-15-12-14-4-1-2-5-17(14)21-20(15)24/h1-8,11-12,16H,9-10,13H2,(H,21,24)/b8-7+. The van der Waals surface area contributed by atoms with Crippen molar-refractivity contribution in [2.75, 3.05) is 13.1 Å². The molecule has 1 aromatic carbocycles. The van der Waals surface area contributed by atoms with Crippen LogP contribution in [0.3, 0.4) is 0 Å². The Morgan fingerprint density at radius 1 is 1.24 bits per heavy atom. The molecule has 5 nitrogen and oxygen atoms in total. The Morgan fingerprint density at radius 3 is 2.96 bits per heavy atom. The topological polar surface area (TPSA) is 66.3 Å². The molecule has 1 aliphatic rings. The summed E-state index contributed by atoms with van der Waals surface area (Å²) in [4.78, 5) is 29.2. The molecule has 126 valence electrons. The maximum atomic E-state index is 12.4. The molecule has 3 heterocycles. The molecule has 1 amide bonds. The number of para-hydroxylation sites is 1. The molecule has 1 atom stereocenters. The number of carbonyl (C=O) groups is 1. The third-order valence-corrected chi connectivity index (χ3v) is 4.63. The van der Waals surface area contributed by atoms with E-state index in [1.54, 1.807) is 23.3 Å². The van der Waals surface area contributed by atoms with Crippen LogP contribution in [0.5, 0.6) is 0 Å². The number of H-pyrrole nitrogens is 1. The summed E-state index contributed by atoms with van der Waals surface area (Å²) >= 11 is 0. The second-order valence-electron chi connectivity index (χ2n) is 6.26. The van der Waals surface area contributed by atoms with Crippen molar-refractivity contribution in [1.82, 2.24) is 9.88 Å². The Kier molecular flexibility index (Phi) is 3.98. The van der Waals surface area contributed by atoms with Crippen molar-refractivity contribution in [3.05, 3.63) is 76.5 Å². The van der Waals surface area contributed by atoms with Gasteiger partial charge in [0, 0.05) is 36.2 Å². The van der Waals surface area contributed by atoms with Gasteiger partial charge in [-0.15, -0.1) is 0 Å². The van der Waals surface area contributed by atoms with Gasteiger partial charge in [-0.05, 0) is 42.1 Å². The van der Waals surface area contributed by atoms with Crippen LogP contribution in [0.15, 0.2) is 64.0 Å². The largest absolute Gasteiger partial charge is 0.469 e. The molecule has 0 radical (unpaired) electrons. The molecule has 1 unspecified atom stereocenters. The van der Waals surface area contributed by atoms with Gasteiger partial charge in [-0.3, -0.25) is 9.59 Å². The lowest BCUT2D eigenvalue weighted by Crippen LogP contribution is -2.26. The van der Waals surface area contributed by atoms with Gasteiger partial charge in [-0.2, -0.15) is 0 Å². The Bertz CT molecular complexity index is 986. The number of fused-ring (bicyclic) bond motifs is 1. The summed E-state index contributed by atoms with van der Waals surface area (Å²) in [6.07, 6.45) is 5.62. The zero-order chi connectivity index (χ0) is 17.2. The Hall–Kier alpha value is -3.08. The number of nitrogens with zero attached hydrogens (tertiary/aromatic N) is 1. The number of amides is 1. The van der Waals surface area contributed by atoms with Gasteiger partial charge in [0.05, 0.1) is 6.26 Å². The third-order valence-electron chi connectivity index (χ3n) is 4.63. The number of pyridine rings is 1. The van der Waals surface area contributed by atoms with E-state index in [0.717, 1.165) is 23.1 Å². The van der Waals surface area contributed by atoms with Crippen LogP contribution in [0.4, 0.5) is 0 Å². The Morgan fingerprint density at radius 2 is 2.12 bits per heavy atom. The molecule has 1 fully saturated rings. The van der Waals surface area contributed by atoms with Crippen LogP contribution in [0.2, 0.25) is 0 Å². The lowest BCUT2D eigenvalue weighted by molar-refractivity contribution is -0.125. The first-order chi connectivity index (χ1) is 12.2. The van der Waals surface area contributed by atoms with Crippen molar-refractivity contribution in [2.24, 2.45) is 0 Å².